The molecule has 1 fully saturated rings. The monoisotopic (exact) mass is 293 g/mol. The van der Waals surface area contributed by atoms with Gasteiger partial charge in [0, 0.05) is 26.6 Å². The standard InChI is InChI=1S/C14H19N3O4/c1-21-10-7-17(8-10)9-2-4-12(16-6-9)14(20)11(15)3-5-13(18)19/h2,4,6,10-11H,3,5,7-8,15H2,1H3,(H,18,19). The number of aromatic nitrogens is 1. The summed E-state index contributed by atoms with van der Waals surface area (Å²) in [6, 6.07) is 2.61. The lowest BCUT2D eigenvalue weighted by Gasteiger charge is -2.39. The highest BCUT2D eigenvalue weighted by molar-refractivity contribution is 5.98. The lowest BCUT2D eigenvalue weighted by molar-refractivity contribution is -0.137. The number of anilines is 1. The van der Waals surface area contributed by atoms with E-state index in [1.54, 1.807) is 19.4 Å². The molecule has 21 heavy (non-hydrogen) atoms. The number of carboxylic acids is 1. The van der Waals surface area contributed by atoms with Crippen LogP contribution in [0.15, 0.2) is 18.3 Å². The molecule has 1 saturated heterocycles. The highest BCUT2D eigenvalue weighted by atomic mass is 16.5. The molecule has 0 saturated carbocycles. The van der Waals surface area contributed by atoms with Gasteiger partial charge in [-0.05, 0) is 18.6 Å². The first-order valence-corrected chi connectivity index (χ1v) is 6.76. The van der Waals surface area contributed by atoms with Gasteiger partial charge in [-0.1, -0.05) is 0 Å². The zero-order valence-corrected chi connectivity index (χ0v) is 11.9. The van der Waals surface area contributed by atoms with Gasteiger partial charge >= 0.3 is 5.97 Å². The summed E-state index contributed by atoms with van der Waals surface area (Å²) in [6.45, 7) is 1.62. The maximum atomic E-state index is 12.0. The van der Waals surface area contributed by atoms with Gasteiger partial charge in [-0.3, -0.25) is 14.6 Å². The number of Topliss-reactive ketones (excluding diaryl/α,β-unsaturated/α-hetero) is 1. The van der Waals surface area contributed by atoms with Crippen molar-refractivity contribution in [3.8, 4) is 0 Å². The van der Waals surface area contributed by atoms with Gasteiger partial charge in [-0.25, -0.2) is 0 Å². The van der Waals surface area contributed by atoms with E-state index >= 15 is 0 Å². The molecule has 0 bridgehead atoms. The molecule has 0 aliphatic carbocycles. The number of carbonyl (C=O) groups is 2. The molecule has 0 radical (unpaired) electrons. The number of rotatable bonds is 7. The Bertz CT molecular complexity index is 511. The zero-order valence-electron chi connectivity index (χ0n) is 11.9. The van der Waals surface area contributed by atoms with E-state index < -0.39 is 12.0 Å². The van der Waals surface area contributed by atoms with Gasteiger partial charge in [0.1, 0.15) is 5.69 Å². The largest absolute Gasteiger partial charge is 0.481 e. The van der Waals surface area contributed by atoms with Crippen LogP contribution in [0.3, 0.4) is 0 Å². The Hall–Kier alpha value is -1.99. The summed E-state index contributed by atoms with van der Waals surface area (Å²) in [5.74, 6) is -1.30. The number of pyridine rings is 1. The molecule has 2 heterocycles. The molecule has 0 spiro atoms. The van der Waals surface area contributed by atoms with Crippen LogP contribution < -0.4 is 10.6 Å². The molecule has 7 nitrogen and oxygen atoms in total. The molecule has 0 amide bonds. The average molecular weight is 293 g/mol. The van der Waals surface area contributed by atoms with Gasteiger partial charge in [0.2, 0.25) is 0 Å². The van der Waals surface area contributed by atoms with Crippen LogP contribution in [-0.4, -0.2) is 54.2 Å². The predicted molar refractivity (Wildman–Crippen MR) is 76.4 cm³/mol. The normalized spacial score (nSPS) is 16.4. The van der Waals surface area contributed by atoms with Crippen molar-refractivity contribution in [2.45, 2.75) is 25.0 Å². The first kappa shape index (κ1) is 15.4. The molecule has 2 rings (SSSR count). The topological polar surface area (TPSA) is 106 Å². The fourth-order valence-corrected chi connectivity index (χ4v) is 2.12. The van der Waals surface area contributed by atoms with Crippen LogP contribution in [0.4, 0.5) is 5.69 Å². The first-order chi connectivity index (χ1) is 10.0. The van der Waals surface area contributed by atoms with Gasteiger partial charge in [0.15, 0.2) is 5.78 Å². The lowest BCUT2D eigenvalue weighted by Crippen LogP contribution is -2.51. The lowest BCUT2D eigenvalue weighted by atomic mass is 10.0. The highest BCUT2D eigenvalue weighted by Crippen LogP contribution is 2.21. The van der Waals surface area contributed by atoms with Gasteiger partial charge < -0.3 is 20.5 Å². The van der Waals surface area contributed by atoms with E-state index in [9.17, 15) is 9.59 Å². The molecule has 1 aliphatic rings. The van der Waals surface area contributed by atoms with E-state index in [0.29, 0.717) is 0 Å². The van der Waals surface area contributed by atoms with Crippen LogP contribution in [0.1, 0.15) is 23.3 Å². The van der Waals surface area contributed by atoms with Crippen LogP contribution in [0, 0.1) is 0 Å². The maximum Gasteiger partial charge on any atom is 0.303 e. The Morgan fingerprint density at radius 1 is 1.52 bits per heavy atom. The smallest absolute Gasteiger partial charge is 0.303 e. The van der Waals surface area contributed by atoms with Crippen molar-refractivity contribution in [3.63, 3.8) is 0 Å². The highest BCUT2D eigenvalue weighted by Gasteiger charge is 2.27. The van der Waals surface area contributed by atoms with E-state index in [1.165, 1.54) is 0 Å². The molecule has 1 atom stereocenters. The van der Waals surface area contributed by atoms with Crippen LogP contribution in [0.2, 0.25) is 0 Å². The summed E-state index contributed by atoms with van der Waals surface area (Å²) in [4.78, 5) is 28.7. The van der Waals surface area contributed by atoms with Gasteiger partial charge in [-0.15, -0.1) is 0 Å². The van der Waals surface area contributed by atoms with Gasteiger partial charge in [-0.2, -0.15) is 0 Å². The Morgan fingerprint density at radius 2 is 2.24 bits per heavy atom. The number of methoxy groups -OCH3 is 1. The zero-order chi connectivity index (χ0) is 15.4. The van der Waals surface area contributed by atoms with Gasteiger partial charge in [0.05, 0.1) is 24.0 Å². The van der Waals surface area contributed by atoms with Crippen molar-refractivity contribution in [2.75, 3.05) is 25.1 Å². The number of hydrogen-bond acceptors (Lipinski definition) is 6. The Balaban J connectivity index is 1.92. The van der Waals surface area contributed by atoms with E-state index in [1.807, 2.05) is 6.07 Å². The third-order valence-electron chi connectivity index (χ3n) is 3.55. The molecule has 7 heteroatoms. The maximum absolute atomic E-state index is 12.0. The fourth-order valence-electron chi connectivity index (χ4n) is 2.12. The molecular formula is C14H19N3O4. The minimum Gasteiger partial charge on any atom is -0.481 e. The van der Waals surface area contributed by atoms with Gasteiger partial charge in [0.25, 0.3) is 0 Å². The number of nitrogens with zero attached hydrogens (tertiary/aromatic N) is 2. The first-order valence-electron chi connectivity index (χ1n) is 6.76. The number of ether oxygens (including phenoxy) is 1. The summed E-state index contributed by atoms with van der Waals surface area (Å²) in [7, 11) is 1.68. The van der Waals surface area contributed by atoms with Crippen molar-refractivity contribution in [1.82, 2.24) is 4.98 Å². The number of aliphatic carboxylic acids is 1. The van der Waals surface area contributed by atoms with Crippen molar-refractivity contribution in [3.05, 3.63) is 24.0 Å². The molecule has 1 unspecified atom stereocenters. The predicted octanol–water partition coefficient (Wildman–Crippen LogP) is 0.291. The van der Waals surface area contributed by atoms with E-state index in [0.717, 1.165) is 18.8 Å². The van der Waals surface area contributed by atoms with E-state index in [-0.39, 0.29) is 30.4 Å². The van der Waals surface area contributed by atoms with Crippen molar-refractivity contribution < 1.29 is 19.4 Å². The van der Waals surface area contributed by atoms with Crippen molar-refractivity contribution in [2.24, 2.45) is 5.73 Å². The Kier molecular flexibility index (Phi) is 4.87. The average Bonchev–Trinajstić information content (AvgIpc) is 2.43. The summed E-state index contributed by atoms with van der Waals surface area (Å²) >= 11 is 0. The third-order valence-corrected chi connectivity index (χ3v) is 3.55. The second-order valence-electron chi connectivity index (χ2n) is 5.07. The SMILES string of the molecule is COC1CN(c2ccc(C(=O)C(N)CCC(=O)O)nc2)C1. The minimum absolute atomic E-state index is 0.110. The Labute approximate surface area is 122 Å². The van der Waals surface area contributed by atoms with Crippen LogP contribution in [0.25, 0.3) is 0 Å². The quantitative estimate of drug-likeness (QED) is 0.696. The number of carbonyl (C=O) groups excluding carboxylic acids is 1. The third kappa shape index (κ3) is 3.77. The molecular weight excluding hydrogens is 274 g/mol. The fraction of sp³-hybridized carbons (Fsp3) is 0.500. The molecule has 0 aromatic carbocycles. The summed E-state index contributed by atoms with van der Waals surface area (Å²) in [5.41, 5.74) is 6.88. The van der Waals surface area contributed by atoms with E-state index in [2.05, 4.69) is 9.88 Å². The second kappa shape index (κ2) is 6.64. The minimum atomic E-state index is -0.966. The summed E-state index contributed by atoms with van der Waals surface area (Å²) in [6.07, 6.45) is 1.86. The van der Waals surface area contributed by atoms with E-state index in [4.69, 9.17) is 15.6 Å². The number of ketones is 1. The molecule has 1 aliphatic heterocycles. The molecule has 3 N–H and O–H groups in total. The number of nitrogens with two attached hydrogens (primary N) is 1. The van der Waals surface area contributed by atoms with Crippen LogP contribution in [0.5, 0.6) is 0 Å². The Morgan fingerprint density at radius 3 is 2.76 bits per heavy atom. The summed E-state index contributed by atoms with van der Waals surface area (Å²) in [5, 5.41) is 8.59. The second-order valence-corrected chi connectivity index (χ2v) is 5.07. The molecule has 1 aromatic heterocycles. The summed E-state index contributed by atoms with van der Waals surface area (Å²) < 4.78 is 5.20. The van der Waals surface area contributed by atoms with Crippen molar-refractivity contribution in [1.29, 1.82) is 0 Å². The van der Waals surface area contributed by atoms with Crippen LogP contribution >= 0.6 is 0 Å². The molecule has 114 valence electrons. The number of carboxylic acid groups (broad SMARTS) is 1. The number of hydrogen-bond donors (Lipinski definition) is 2. The molecule has 1 aromatic rings. The van der Waals surface area contributed by atoms with Crippen LogP contribution in [-0.2, 0) is 9.53 Å². The van der Waals surface area contributed by atoms with Crippen molar-refractivity contribution >= 4 is 17.4 Å².